The van der Waals surface area contributed by atoms with Crippen molar-refractivity contribution in [3.63, 3.8) is 0 Å². The van der Waals surface area contributed by atoms with Gasteiger partial charge in [0.1, 0.15) is 5.60 Å². The second-order valence-corrected chi connectivity index (χ2v) is 7.42. The summed E-state index contributed by atoms with van der Waals surface area (Å²) in [5.74, 6) is -0.158. The van der Waals surface area contributed by atoms with Gasteiger partial charge in [-0.3, -0.25) is 10.1 Å². The van der Waals surface area contributed by atoms with Gasteiger partial charge in [-0.25, -0.2) is 14.0 Å². The molecular formula is C16H21N3O5S. The Morgan fingerprint density at radius 1 is 1.40 bits per heavy atom. The van der Waals surface area contributed by atoms with Gasteiger partial charge in [-0.2, -0.15) is 0 Å². The summed E-state index contributed by atoms with van der Waals surface area (Å²) in [5.41, 5.74) is -0.608. The van der Waals surface area contributed by atoms with Gasteiger partial charge >= 0.3 is 6.09 Å². The lowest BCUT2D eigenvalue weighted by Gasteiger charge is -2.33. The highest BCUT2D eigenvalue weighted by Gasteiger charge is 2.32. The molecule has 0 aromatic carbocycles. The third kappa shape index (κ3) is 4.85. The molecule has 0 bridgehead atoms. The number of carbonyl (C=O) groups excluding carboxylic acids is 1. The number of likely N-dealkylation sites (tertiary alicyclic amines) is 1. The van der Waals surface area contributed by atoms with E-state index >= 15 is 0 Å². The van der Waals surface area contributed by atoms with Gasteiger partial charge in [-0.05, 0) is 39.7 Å². The van der Waals surface area contributed by atoms with Gasteiger partial charge in [0.2, 0.25) is 0 Å². The molecule has 9 heteroatoms. The third-order valence-corrected chi connectivity index (χ3v) is 4.53. The van der Waals surface area contributed by atoms with Crippen molar-refractivity contribution in [1.82, 2.24) is 9.88 Å². The van der Waals surface area contributed by atoms with Crippen LogP contribution in [0.15, 0.2) is 18.3 Å². The molecule has 25 heavy (non-hydrogen) atoms. The van der Waals surface area contributed by atoms with E-state index in [1.807, 2.05) is 0 Å². The zero-order valence-corrected chi connectivity index (χ0v) is 15.2. The fourth-order valence-electron chi connectivity index (χ4n) is 2.69. The van der Waals surface area contributed by atoms with Crippen LogP contribution in [0.3, 0.4) is 0 Å². The molecular weight excluding hydrogens is 346 g/mol. The van der Waals surface area contributed by atoms with Gasteiger partial charge < -0.3 is 9.64 Å². The first kappa shape index (κ1) is 19.0. The monoisotopic (exact) mass is 367 g/mol. The van der Waals surface area contributed by atoms with Crippen molar-refractivity contribution in [2.75, 3.05) is 13.1 Å². The van der Waals surface area contributed by atoms with Crippen molar-refractivity contribution in [1.29, 1.82) is 0 Å². The lowest BCUT2D eigenvalue weighted by Crippen LogP contribution is -2.43. The Balaban J connectivity index is 2.10. The number of pyridine rings is 1. The standard InChI is InChI=1S/C16H21N3O5S/c1-16(2,3)24-15(20)18-9-6-11(7-10-18)14(25-23)13-12(19(21)22)5-4-8-17-13/h4-5,8,11H,6-7,9-10H2,1-3H3. The molecule has 1 saturated heterocycles. The molecule has 1 fully saturated rings. The fraction of sp³-hybridized carbons (Fsp3) is 0.562. The van der Waals surface area contributed by atoms with Gasteiger partial charge in [0, 0.05) is 31.3 Å². The minimum atomic E-state index is -0.565. The van der Waals surface area contributed by atoms with Crippen LogP contribution in [0.1, 0.15) is 39.3 Å². The van der Waals surface area contributed by atoms with Gasteiger partial charge in [-0.15, -0.1) is 0 Å². The number of ether oxygens (including phenoxy) is 1. The molecule has 1 aromatic heterocycles. The first-order valence-electron chi connectivity index (χ1n) is 7.97. The Hall–Kier alpha value is -2.29. The summed E-state index contributed by atoms with van der Waals surface area (Å²) in [6.45, 7) is 6.28. The topological polar surface area (TPSA) is 103 Å². The van der Waals surface area contributed by atoms with Crippen LogP contribution in [0.5, 0.6) is 0 Å². The maximum absolute atomic E-state index is 12.1. The van der Waals surface area contributed by atoms with E-state index in [4.69, 9.17) is 4.74 Å². The molecule has 0 aliphatic carbocycles. The van der Waals surface area contributed by atoms with Crippen molar-refractivity contribution < 1.29 is 18.7 Å². The van der Waals surface area contributed by atoms with E-state index in [2.05, 4.69) is 4.98 Å². The molecule has 0 radical (unpaired) electrons. The van der Waals surface area contributed by atoms with Crippen LogP contribution in [0.25, 0.3) is 0 Å². The van der Waals surface area contributed by atoms with Crippen molar-refractivity contribution in [2.24, 2.45) is 5.92 Å². The van der Waals surface area contributed by atoms with Crippen molar-refractivity contribution in [3.05, 3.63) is 34.1 Å². The molecule has 0 N–H and O–H groups in total. The largest absolute Gasteiger partial charge is 0.444 e. The van der Waals surface area contributed by atoms with Crippen molar-refractivity contribution >= 4 is 27.9 Å². The average molecular weight is 367 g/mol. The Morgan fingerprint density at radius 2 is 2.04 bits per heavy atom. The Morgan fingerprint density at radius 3 is 2.56 bits per heavy atom. The van der Waals surface area contributed by atoms with Crippen molar-refractivity contribution in [3.8, 4) is 0 Å². The van der Waals surface area contributed by atoms with E-state index in [-0.39, 0.29) is 34.6 Å². The molecule has 136 valence electrons. The number of aromatic nitrogens is 1. The molecule has 0 saturated carbocycles. The summed E-state index contributed by atoms with van der Waals surface area (Å²) in [6, 6.07) is 2.81. The molecule has 2 heterocycles. The van der Waals surface area contributed by atoms with Gasteiger partial charge in [0.05, 0.1) is 21.0 Å². The molecule has 2 rings (SSSR count). The smallest absolute Gasteiger partial charge is 0.410 e. The number of hydrogen-bond acceptors (Lipinski definition) is 6. The van der Waals surface area contributed by atoms with Gasteiger partial charge in [-0.1, -0.05) is 0 Å². The van der Waals surface area contributed by atoms with Crippen LogP contribution in [0.4, 0.5) is 10.5 Å². The summed E-state index contributed by atoms with van der Waals surface area (Å²) in [4.78, 5) is 28.7. The minimum Gasteiger partial charge on any atom is -0.444 e. The second kappa shape index (κ2) is 7.73. The highest BCUT2D eigenvalue weighted by atomic mass is 32.1. The Bertz CT molecular complexity index is 717. The quantitative estimate of drug-likeness (QED) is 0.352. The second-order valence-electron chi connectivity index (χ2n) is 6.82. The number of hydrogen-bond donors (Lipinski definition) is 0. The molecule has 1 aliphatic rings. The van der Waals surface area contributed by atoms with E-state index < -0.39 is 10.5 Å². The van der Waals surface area contributed by atoms with E-state index in [1.165, 1.54) is 18.3 Å². The van der Waals surface area contributed by atoms with Crippen LogP contribution >= 0.6 is 0 Å². The summed E-state index contributed by atoms with van der Waals surface area (Å²) in [5, 5.41) is 11.2. The molecule has 0 spiro atoms. The van der Waals surface area contributed by atoms with E-state index in [1.54, 1.807) is 25.7 Å². The maximum atomic E-state index is 12.1. The van der Waals surface area contributed by atoms with Crippen LogP contribution in [0, 0.1) is 16.0 Å². The molecule has 0 atom stereocenters. The first-order chi connectivity index (χ1) is 11.7. The van der Waals surface area contributed by atoms with Gasteiger partial charge in [0.25, 0.3) is 5.69 Å². The lowest BCUT2D eigenvalue weighted by atomic mass is 9.91. The number of nitro groups is 1. The minimum absolute atomic E-state index is 0.128. The Kier molecular flexibility index (Phi) is 5.89. The summed E-state index contributed by atoms with van der Waals surface area (Å²) in [7, 11) is 0. The number of carbonyl (C=O) groups is 1. The summed E-state index contributed by atoms with van der Waals surface area (Å²) < 4.78 is 17.0. The van der Waals surface area contributed by atoms with E-state index in [0.717, 1.165) is 0 Å². The predicted molar refractivity (Wildman–Crippen MR) is 93.7 cm³/mol. The predicted octanol–water partition coefficient (Wildman–Crippen LogP) is 2.37. The lowest BCUT2D eigenvalue weighted by molar-refractivity contribution is -0.385. The van der Waals surface area contributed by atoms with Crippen LogP contribution in [-0.2, 0) is 16.0 Å². The SMILES string of the molecule is CC(C)(C)OC(=O)N1CCC(C(=S=O)c2ncccc2[N+](=O)[O-])CC1. The van der Waals surface area contributed by atoms with Crippen molar-refractivity contribution in [2.45, 2.75) is 39.2 Å². The highest BCUT2D eigenvalue weighted by Crippen LogP contribution is 2.26. The third-order valence-electron chi connectivity index (χ3n) is 3.82. The number of rotatable bonds is 3. The Labute approximate surface area is 149 Å². The number of nitrogens with zero attached hydrogens (tertiary/aromatic N) is 3. The van der Waals surface area contributed by atoms with Gasteiger partial charge in [0.15, 0.2) is 5.69 Å². The number of piperidine rings is 1. The highest BCUT2D eigenvalue weighted by molar-refractivity contribution is 7.67. The van der Waals surface area contributed by atoms with E-state index in [0.29, 0.717) is 30.8 Å². The zero-order valence-electron chi connectivity index (χ0n) is 14.4. The molecule has 8 nitrogen and oxygen atoms in total. The zero-order chi connectivity index (χ0) is 18.6. The average Bonchev–Trinajstić information content (AvgIpc) is 2.55. The molecule has 1 aliphatic heterocycles. The summed E-state index contributed by atoms with van der Waals surface area (Å²) in [6.07, 6.45) is 2.13. The van der Waals surface area contributed by atoms with E-state index in [9.17, 15) is 19.1 Å². The maximum Gasteiger partial charge on any atom is 0.410 e. The molecule has 0 unspecified atom stereocenters. The van der Waals surface area contributed by atoms with Crippen LogP contribution in [0.2, 0.25) is 0 Å². The first-order valence-corrected chi connectivity index (χ1v) is 8.71. The molecule has 1 aromatic rings. The fourth-order valence-corrected chi connectivity index (χ4v) is 3.29. The summed E-state index contributed by atoms with van der Waals surface area (Å²) >= 11 is 0.246. The van der Waals surface area contributed by atoms with Crippen LogP contribution in [-0.4, -0.2) is 48.7 Å². The van der Waals surface area contributed by atoms with Crippen LogP contribution < -0.4 is 0 Å². The number of amides is 1. The normalized spacial score (nSPS) is 15.6. The molecule has 1 amide bonds.